The molecule has 0 aromatic rings. The van der Waals surface area contributed by atoms with E-state index in [1.54, 1.807) is 5.70 Å². The van der Waals surface area contributed by atoms with Gasteiger partial charge in [-0.2, -0.15) is 0 Å². The Kier molecular flexibility index (Phi) is 4.23. The Balaban J connectivity index is 1.38. The second-order valence-electron chi connectivity index (χ2n) is 10.9. The Morgan fingerprint density at radius 2 is 1.69 bits per heavy atom. The van der Waals surface area contributed by atoms with Crippen molar-refractivity contribution in [2.75, 3.05) is 13.1 Å². The van der Waals surface area contributed by atoms with Gasteiger partial charge >= 0.3 is 0 Å². The van der Waals surface area contributed by atoms with Gasteiger partial charge in [0.2, 0.25) is 0 Å². The van der Waals surface area contributed by atoms with Gasteiger partial charge in [0.1, 0.15) is 0 Å². The van der Waals surface area contributed by atoms with E-state index in [0.717, 1.165) is 30.1 Å². The van der Waals surface area contributed by atoms with Crippen LogP contribution in [-0.2, 0) is 0 Å². The molecule has 0 bridgehead atoms. The second-order valence-corrected chi connectivity index (χ2v) is 10.9. The van der Waals surface area contributed by atoms with Crippen LogP contribution in [0.25, 0.3) is 0 Å². The van der Waals surface area contributed by atoms with Crippen molar-refractivity contribution in [2.24, 2.45) is 34.5 Å². The van der Waals surface area contributed by atoms with Crippen LogP contribution >= 0.6 is 0 Å². The molecule has 1 heterocycles. The lowest BCUT2D eigenvalue weighted by molar-refractivity contribution is -0.111. The van der Waals surface area contributed by atoms with E-state index in [2.05, 4.69) is 24.8 Å². The Morgan fingerprint density at radius 1 is 0.923 bits per heavy atom. The minimum atomic E-state index is -0.0315. The molecule has 5 rings (SSSR count). The van der Waals surface area contributed by atoms with Crippen LogP contribution in [0.1, 0.15) is 84.5 Å². The van der Waals surface area contributed by atoms with Gasteiger partial charge in [-0.15, -0.1) is 0 Å². The molecule has 0 aromatic carbocycles. The highest BCUT2D eigenvalue weighted by atomic mass is 16.3. The predicted molar refractivity (Wildman–Crippen MR) is 107 cm³/mol. The lowest BCUT2D eigenvalue weighted by Gasteiger charge is -2.60. The molecule has 0 unspecified atom stereocenters. The number of rotatable bonds is 1. The molecular weight excluding hydrogens is 318 g/mol. The number of aliphatic hydroxyl groups is 1. The van der Waals surface area contributed by atoms with E-state index in [9.17, 15) is 5.11 Å². The molecule has 7 atom stereocenters. The zero-order chi connectivity index (χ0) is 17.9. The molecule has 2 heteroatoms. The van der Waals surface area contributed by atoms with E-state index in [0.29, 0.717) is 5.41 Å². The first-order valence-electron chi connectivity index (χ1n) is 11.6. The van der Waals surface area contributed by atoms with E-state index in [1.807, 2.05) is 0 Å². The summed E-state index contributed by atoms with van der Waals surface area (Å²) in [5, 5.41) is 10.6. The number of allylic oxidation sites excluding steroid dienone is 2. The Bertz CT molecular complexity index is 579. The minimum Gasteiger partial charge on any atom is -0.393 e. The first kappa shape index (κ1) is 17.6. The molecule has 0 aromatic heterocycles. The van der Waals surface area contributed by atoms with Gasteiger partial charge in [-0.1, -0.05) is 19.9 Å². The van der Waals surface area contributed by atoms with Gasteiger partial charge in [-0.25, -0.2) is 0 Å². The average molecular weight is 358 g/mol. The van der Waals surface area contributed by atoms with Crippen LogP contribution in [0, 0.1) is 34.5 Å². The number of nitrogens with zero attached hydrogens (tertiary/aromatic N) is 1. The van der Waals surface area contributed by atoms with E-state index < -0.39 is 0 Å². The van der Waals surface area contributed by atoms with E-state index in [1.165, 1.54) is 77.3 Å². The minimum absolute atomic E-state index is 0.0315. The van der Waals surface area contributed by atoms with Crippen molar-refractivity contribution in [3.05, 3.63) is 11.8 Å². The summed E-state index contributed by atoms with van der Waals surface area (Å²) in [6, 6.07) is 0. The summed E-state index contributed by atoms with van der Waals surface area (Å²) in [6.45, 7) is 7.67. The lowest BCUT2D eigenvalue weighted by Crippen LogP contribution is -2.53. The van der Waals surface area contributed by atoms with Crippen LogP contribution in [-0.4, -0.2) is 29.2 Å². The fraction of sp³-hybridized carbons (Fsp3) is 0.917. The topological polar surface area (TPSA) is 23.5 Å². The summed E-state index contributed by atoms with van der Waals surface area (Å²) >= 11 is 0. The molecular formula is C24H39NO. The van der Waals surface area contributed by atoms with Crippen LogP contribution < -0.4 is 0 Å². The third-order valence-corrected chi connectivity index (χ3v) is 10.0. The maximum absolute atomic E-state index is 10.6. The van der Waals surface area contributed by atoms with Gasteiger partial charge in [0.25, 0.3) is 0 Å². The molecule has 1 saturated heterocycles. The first-order valence-corrected chi connectivity index (χ1v) is 11.6. The summed E-state index contributed by atoms with van der Waals surface area (Å²) in [6.07, 6.45) is 17.4. The van der Waals surface area contributed by atoms with Crippen LogP contribution in [0.3, 0.4) is 0 Å². The molecule has 0 radical (unpaired) electrons. The molecule has 3 saturated carbocycles. The quantitative estimate of drug-likeness (QED) is 0.682. The highest BCUT2D eigenvalue weighted by Crippen LogP contribution is 2.66. The van der Waals surface area contributed by atoms with Crippen LogP contribution in [0.4, 0.5) is 0 Å². The zero-order valence-corrected chi connectivity index (χ0v) is 17.1. The van der Waals surface area contributed by atoms with E-state index in [-0.39, 0.29) is 11.5 Å². The van der Waals surface area contributed by atoms with Gasteiger partial charge in [0.15, 0.2) is 0 Å². The van der Waals surface area contributed by atoms with Gasteiger partial charge in [0, 0.05) is 18.8 Å². The van der Waals surface area contributed by atoms with Crippen LogP contribution in [0.5, 0.6) is 0 Å². The monoisotopic (exact) mass is 357 g/mol. The summed E-state index contributed by atoms with van der Waals surface area (Å²) in [5.74, 6) is 3.49. The van der Waals surface area contributed by atoms with Gasteiger partial charge < -0.3 is 10.0 Å². The van der Waals surface area contributed by atoms with Crippen molar-refractivity contribution in [1.29, 1.82) is 0 Å². The maximum Gasteiger partial charge on any atom is 0.0596 e. The number of likely N-dealkylation sites (tertiary alicyclic amines) is 1. The van der Waals surface area contributed by atoms with Crippen molar-refractivity contribution >= 4 is 0 Å². The fourth-order valence-corrected chi connectivity index (χ4v) is 8.27. The summed E-state index contributed by atoms with van der Waals surface area (Å²) < 4.78 is 0. The summed E-state index contributed by atoms with van der Waals surface area (Å²) in [5.41, 5.74) is 2.45. The SMILES string of the molecule is C[C@]12CC=C(N3CCCCC3)C[C@@H]1CC[C@@H]1[C@@H]2CC[C@]2(C)[C@H](O)CC[C@@H]12. The highest BCUT2D eigenvalue weighted by molar-refractivity contribution is 5.17. The normalized spacial score (nSPS) is 51.3. The van der Waals surface area contributed by atoms with Crippen molar-refractivity contribution < 1.29 is 5.11 Å². The van der Waals surface area contributed by atoms with Gasteiger partial charge in [0.05, 0.1) is 6.10 Å². The standard InChI is InChI=1S/C24H39NO/c1-23-12-10-18(25-14-4-3-5-15-25)16-17(23)6-7-19-20-8-9-22(26)24(20,2)13-11-21(19)23/h10,17,19-22,26H,3-9,11-16H2,1-2H3/t17-,19-,20-,21-,22+,23-,24-/m0/s1. The Hall–Kier alpha value is -0.500. The molecule has 1 aliphatic heterocycles. The third kappa shape index (κ3) is 2.46. The number of fused-ring (bicyclic) bond motifs is 5. The smallest absolute Gasteiger partial charge is 0.0596 e. The van der Waals surface area contributed by atoms with Gasteiger partial charge in [-0.05, 0) is 105 Å². The molecule has 146 valence electrons. The lowest BCUT2D eigenvalue weighted by atomic mass is 9.46. The predicted octanol–water partition coefficient (Wildman–Crippen LogP) is 5.37. The highest BCUT2D eigenvalue weighted by Gasteiger charge is 2.59. The largest absolute Gasteiger partial charge is 0.393 e. The van der Waals surface area contributed by atoms with Gasteiger partial charge in [-0.3, -0.25) is 0 Å². The summed E-state index contributed by atoms with van der Waals surface area (Å²) in [4.78, 5) is 2.72. The number of piperidine rings is 1. The summed E-state index contributed by atoms with van der Waals surface area (Å²) in [7, 11) is 0. The molecule has 0 spiro atoms. The number of hydrogen-bond donors (Lipinski definition) is 1. The molecule has 26 heavy (non-hydrogen) atoms. The zero-order valence-electron chi connectivity index (χ0n) is 17.1. The average Bonchev–Trinajstić information content (AvgIpc) is 2.97. The number of hydrogen-bond acceptors (Lipinski definition) is 2. The molecule has 2 nitrogen and oxygen atoms in total. The first-order chi connectivity index (χ1) is 12.5. The van der Waals surface area contributed by atoms with Crippen molar-refractivity contribution in [2.45, 2.75) is 90.6 Å². The number of aliphatic hydroxyl groups excluding tert-OH is 1. The molecule has 1 N–H and O–H groups in total. The second kappa shape index (κ2) is 6.26. The third-order valence-electron chi connectivity index (χ3n) is 10.0. The fourth-order valence-electron chi connectivity index (χ4n) is 8.27. The molecule has 4 fully saturated rings. The Morgan fingerprint density at radius 3 is 2.50 bits per heavy atom. The molecule has 4 aliphatic carbocycles. The van der Waals surface area contributed by atoms with Crippen molar-refractivity contribution in [3.63, 3.8) is 0 Å². The van der Waals surface area contributed by atoms with Crippen molar-refractivity contribution in [1.82, 2.24) is 4.90 Å². The van der Waals surface area contributed by atoms with E-state index >= 15 is 0 Å². The molecule has 5 aliphatic rings. The maximum atomic E-state index is 10.6. The van der Waals surface area contributed by atoms with Crippen LogP contribution in [0.2, 0.25) is 0 Å². The van der Waals surface area contributed by atoms with Crippen molar-refractivity contribution in [3.8, 4) is 0 Å². The Labute approximate surface area is 160 Å². The molecule has 0 amide bonds. The van der Waals surface area contributed by atoms with Crippen LogP contribution in [0.15, 0.2) is 11.8 Å². The van der Waals surface area contributed by atoms with E-state index in [4.69, 9.17) is 0 Å².